The molecule has 1 atom stereocenters. The normalized spacial score (nSPS) is 11.3. The highest BCUT2D eigenvalue weighted by Gasteiger charge is 2.04. The van der Waals surface area contributed by atoms with Crippen LogP contribution in [0.4, 0.5) is 0 Å². The van der Waals surface area contributed by atoms with E-state index in [1.807, 2.05) is 6.92 Å². The summed E-state index contributed by atoms with van der Waals surface area (Å²) in [6.45, 7) is 7.22. The van der Waals surface area contributed by atoms with Gasteiger partial charge in [0.1, 0.15) is 0 Å². The van der Waals surface area contributed by atoms with Gasteiger partial charge in [-0.2, -0.15) is 0 Å². The van der Waals surface area contributed by atoms with E-state index >= 15 is 0 Å². The Morgan fingerprint density at radius 2 is 2.27 bits per heavy atom. The maximum Gasteiger partial charge on any atom is 0.234 e. The first-order valence-corrected chi connectivity index (χ1v) is 4.80. The van der Waals surface area contributed by atoms with Crippen LogP contribution in [-0.2, 0) is 9.53 Å². The van der Waals surface area contributed by atoms with Crippen molar-refractivity contribution < 1.29 is 9.53 Å². The molecule has 0 aliphatic heterocycles. The number of methoxy groups -OCH3 is 1. The number of ether oxygens (including phenoxy) is 1. The molecule has 1 amide bonds. The van der Waals surface area contributed by atoms with Crippen LogP contribution in [0.15, 0.2) is 12.7 Å². The zero-order chi connectivity index (χ0) is 10.8. The Balaban J connectivity index is 0. The Morgan fingerprint density at radius 3 is 2.80 bits per heavy atom. The number of carbonyl (C=O) groups excluding carboxylic acids is 1. The van der Waals surface area contributed by atoms with Crippen molar-refractivity contribution in [2.75, 3.05) is 26.8 Å². The molecule has 2 N–H and O–H groups in total. The minimum absolute atomic E-state index is 0. The molecule has 0 saturated heterocycles. The number of nitrogens with one attached hydrogen (secondary N) is 2. The Morgan fingerprint density at radius 1 is 1.60 bits per heavy atom. The van der Waals surface area contributed by atoms with E-state index in [9.17, 15) is 4.79 Å². The summed E-state index contributed by atoms with van der Waals surface area (Å²) in [5, 5.41) is 5.81. The van der Waals surface area contributed by atoms with Crippen LogP contribution in [-0.4, -0.2) is 38.8 Å². The van der Waals surface area contributed by atoms with Crippen LogP contribution in [0, 0.1) is 0 Å². The van der Waals surface area contributed by atoms with Gasteiger partial charge in [0.25, 0.3) is 0 Å². The Labute approximate surface area is 97.9 Å². The van der Waals surface area contributed by atoms with Crippen molar-refractivity contribution in [2.45, 2.75) is 19.4 Å². The van der Waals surface area contributed by atoms with Gasteiger partial charge in [0.15, 0.2) is 0 Å². The van der Waals surface area contributed by atoms with Crippen LogP contribution in [0.25, 0.3) is 0 Å². The van der Waals surface area contributed by atoms with E-state index in [1.54, 1.807) is 13.2 Å². The number of hydrogen-bond donors (Lipinski definition) is 2. The zero-order valence-electron chi connectivity index (χ0n) is 9.41. The average Bonchev–Trinajstić information content (AvgIpc) is 2.13. The SMILES string of the molecule is C=CCC(C)NC(=O)CNCCOC.Cl. The van der Waals surface area contributed by atoms with Crippen LogP contribution < -0.4 is 10.6 Å². The predicted octanol–water partition coefficient (Wildman–Crippen LogP) is 0.725. The predicted molar refractivity (Wildman–Crippen MR) is 64.4 cm³/mol. The highest BCUT2D eigenvalue weighted by atomic mass is 35.5. The zero-order valence-corrected chi connectivity index (χ0v) is 10.2. The van der Waals surface area contributed by atoms with Gasteiger partial charge in [-0.15, -0.1) is 19.0 Å². The summed E-state index contributed by atoms with van der Waals surface area (Å²) in [6.07, 6.45) is 2.59. The third kappa shape index (κ3) is 11.3. The molecule has 0 rings (SSSR count). The quantitative estimate of drug-likeness (QED) is 0.483. The second-order valence-corrected chi connectivity index (χ2v) is 3.16. The number of amides is 1. The minimum atomic E-state index is 0. The second-order valence-electron chi connectivity index (χ2n) is 3.16. The molecule has 5 heteroatoms. The van der Waals surface area contributed by atoms with Crippen molar-refractivity contribution in [3.05, 3.63) is 12.7 Å². The molecular weight excluding hydrogens is 216 g/mol. The fraction of sp³-hybridized carbons (Fsp3) is 0.700. The summed E-state index contributed by atoms with van der Waals surface area (Å²) in [4.78, 5) is 11.2. The van der Waals surface area contributed by atoms with E-state index in [2.05, 4.69) is 17.2 Å². The van der Waals surface area contributed by atoms with Gasteiger partial charge in [-0.05, 0) is 13.3 Å². The molecule has 0 aromatic rings. The van der Waals surface area contributed by atoms with Gasteiger partial charge in [0.2, 0.25) is 5.91 Å². The van der Waals surface area contributed by atoms with Crippen LogP contribution in [0.3, 0.4) is 0 Å². The molecule has 15 heavy (non-hydrogen) atoms. The summed E-state index contributed by atoms with van der Waals surface area (Å²) in [5.41, 5.74) is 0. The number of carbonyl (C=O) groups is 1. The maximum atomic E-state index is 11.2. The molecule has 0 aliphatic carbocycles. The molecule has 0 aromatic carbocycles. The standard InChI is InChI=1S/C10H20N2O2.ClH/c1-4-5-9(2)12-10(13)8-11-6-7-14-3;/h4,9,11H,1,5-8H2,2-3H3,(H,12,13);1H. The fourth-order valence-electron chi connectivity index (χ4n) is 1.01. The maximum absolute atomic E-state index is 11.2. The highest BCUT2D eigenvalue weighted by Crippen LogP contribution is 1.89. The van der Waals surface area contributed by atoms with E-state index in [0.29, 0.717) is 19.7 Å². The summed E-state index contributed by atoms with van der Waals surface area (Å²) >= 11 is 0. The van der Waals surface area contributed by atoms with Crippen molar-refractivity contribution in [3.63, 3.8) is 0 Å². The van der Waals surface area contributed by atoms with Crippen molar-refractivity contribution >= 4 is 18.3 Å². The third-order valence-corrected chi connectivity index (χ3v) is 1.70. The van der Waals surface area contributed by atoms with E-state index in [1.165, 1.54) is 0 Å². The van der Waals surface area contributed by atoms with Gasteiger partial charge < -0.3 is 15.4 Å². The monoisotopic (exact) mass is 236 g/mol. The van der Waals surface area contributed by atoms with Gasteiger partial charge in [0.05, 0.1) is 13.2 Å². The van der Waals surface area contributed by atoms with Crippen molar-refractivity contribution in [2.24, 2.45) is 0 Å². The van der Waals surface area contributed by atoms with Gasteiger partial charge >= 0.3 is 0 Å². The summed E-state index contributed by atoms with van der Waals surface area (Å²) in [7, 11) is 1.63. The molecule has 0 spiro atoms. The van der Waals surface area contributed by atoms with Crippen LogP contribution in [0.1, 0.15) is 13.3 Å². The molecule has 0 heterocycles. The lowest BCUT2D eigenvalue weighted by molar-refractivity contribution is -0.120. The minimum Gasteiger partial charge on any atom is -0.383 e. The molecule has 0 aliphatic rings. The van der Waals surface area contributed by atoms with E-state index in [4.69, 9.17) is 4.74 Å². The summed E-state index contributed by atoms with van der Waals surface area (Å²) < 4.78 is 4.84. The highest BCUT2D eigenvalue weighted by molar-refractivity contribution is 5.85. The van der Waals surface area contributed by atoms with Gasteiger partial charge in [-0.25, -0.2) is 0 Å². The second kappa shape index (κ2) is 11.5. The third-order valence-electron chi connectivity index (χ3n) is 1.70. The van der Waals surface area contributed by atoms with Gasteiger partial charge in [-0.1, -0.05) is 6.08 Å². The first-order chi connectivity index (χ1) is 6.70. The lowest BCUT2D eigenvalue weighted by atomic mass is 10.2. The molecule has 90 valence electrons. The Hall–Kier alpha value is -0.580. The molecule has 0 saturated carbocycles. The van der Waals surface area contributed by atoms with E-state index < -0.39 is 0 Å². The lowest BCUT2D eigenvalue weighted by Gasteiger charge is -2.11. The van der Waals surface area contributed by atoms with Crippen molar-refractivity contribution in [3.8, 4) is 0 Å². The number of rotatable bonds is 8. The van der Waals surface area contributed by atoms with E-state index in [-0.39, 0.29) is 24.4 Å². The number of hydrogen-bond acceptors (Lipinski definition) is 3. The Kier molecular flexibility index (Phi) is 12.9. The molecule has 0 aromatic heterocycles. The molecule has 4 nitrogen and oxygen atoms in total. The molecule has 0 fully saturated rings. The van der Waals surface area contributed by atoms with Gasteiger partial charge in [-0.3, -0.25) is 4.79 Å². The van der Waals surface area contributed by atoms with E-state index in [0.717, 1.165) is 6.42 Å². The van der Waals surface area contributed by atoms with Crippen molar-refractivity contribution in [1.82, 2.24) is 10.6 Å². The largest absolute Gasteiger partial charge is 0.383 e. The first kappa shape index (κ1) is 16.8. The molecular formula is C10H21ClN2O2. The van der Waals surface area contributed by atoms with Gasteiger partial charge in [0, 0.05) is 19.7 Å². The van der Waals surface area contributed by atoms with Crippen LogP contribution in [0.2, 0.25) is 0 Å². The fourth-order valence-corrected chi connectivity index (χ4v) is 1.01. The smallest absolute Gasteiger partial charge is 0.234 e. The average molecular weight is 237 g/mol. The van der Waals surface area contributed by atoms with Crippen LogP contribution >= 0.6 is 12.4 Å². The summed E-state index contributed by atoms with van der Waals surface area (Å²) in [5.74, 6) is 0.00968. The molecule has 1 unspecified atom stereocenters. The van der Waals surface area contributed by atoms with Crippen molar-refractivity contribution in [1.29, 1.82) is 0 Å². The Bertz CT molecular complexity index is 177. The number of halogens is 1. The summed E-state index contributed by atoms with van der Waals surface area (Å²) in [6, 6.07) is 0.157. The molecule has 0 radical (unpaired) electrons. The van der Waals surface area contributed by atoms with Crippen LogP contribution in [0.5, 0.6) is 0 Å². The molecule has 0 bridgehead atoms. The topological polar surface area (TPSA) is 50.4 Å². The first-order valence-electron chi connectivity index (χ1n) is 4.80. The lowest BCUT2D eigenvalue weighted by Crippen LogP contribution is -2.39.